The number of hydrogen-bond donors (Lipinski definition) is 1. The van der Waals surface area contributed by atoms with Crippen LogP contribution in [0.4, 0.5) is 23.2 Å². The third-order valence-electron chi connectivity index (χ3n) is 8.29. The molecule has 3 aromatic rings. The number of carbonyl (C=O) groups is 1. The van der Waals surface area contributed by atoms with Gasteiger partial charge in [0.25, 0.3) is 15.9 Å². The van der Waals surface area contributed by atoms with Gasteiger partial charge in [0.1, 0.15) is 5.82 Å². The van der Waals surface area contributed by atoms with Gasteiger partial charge < -0.3 is 5.32 Å². The van der Waals surface area contributed by atoms with E-state index in [1.54, 1.807) is 23.9 Å². The number of amides is 1. The smallest absolute Gasteiger partial charge is 0.346 e. The minimum atomic E-state index is -4.61. The highest BCUT2D eigenvalue weighted by molar-refractivity contribution is 7.99. The van der Waals surface area contributed by atoms with Gasteiger partial charge in [0.2, 0.25) is 0 Å². The summed E-state index contributed by atoms with van der Waals surface area (Å²) in [6.07, 6.45) is -0.121. The van der Waals surface area contributed by atoms with Crippen molar-refractivity contribution in [1.82, 2.24) is 10.3 Å². The molecule has 2 aromatic carbocycles. The molecule has 1 saturated carbocycles. The van der Waals surface area contributed by atoms with Gasteiger partial charge >= 0.3 is 6.18 Å². The van der Waals surface area contributed by atoms with E-state index in [0.29, 0.717) is 5.69 Å². The number of nitrogens with one attached hydrogen (secondary N) is 1. The number of rotatable bonds is 6. The van der Waals surface area contributed by atoms with E-state index >= 15 is 0 Å². The normalized spacial score (nSPS) is 20.2. The number of aromatic nitrogens is 1. The number of halogens is 4. The monoisotopic (exact) mass is 605 g/mol. The predicted molar refractivity (Wildman–Crippen MR) is 148 cm³/mol. The third-order valence-corrected chi connectivity index (χ3v) is 11.1. The van der Waals surface area contributed by atoms with E-state index in [1.807, 2.05) is 0 Å². The van der Waals surface area contributed by atoms with Crippen LogP contribution >= 0.6 is 11.8 Å². The lowest BCUT2D eigenvalue weighted by molar-refractivity contribution is -0.138. The standard InChI is InChI=1S/C29H27F4N3O3S2/c30-20-6-8-21(9-7-20)41(38,39)36-25-10-5-19(27(37)35-17-24-22(29(31,32)33)2-1-13-34-24)16-23(25)28(11-14-40-15-12-28)26(36)18-3-4-18/h1-2,5-10,13,16,18,26H,3-4,11-12,14-15,17H2,(H,35,37). The molecule has 12 heteroatoms. The largest absolute Gasteiger partial charge is 0.418 e. The third kappa shape index (κ3) is 4.98. The highest BCUT2D eigenvalue weighted by Gasteiger charge is 2.59. The van der Waals surface area contributed by atoms with Gasteiger partial charge in [-0.3, -0.25) is 14.1 Å². The number of anilines is 1. The molecule has 3 heterocycles. The summed E-state index contributed by atoms with van der Waals surface area (Å²) in [5.41, 5.74) is -0.209. The molecule has 1 spiro atoms. The van der Waals surface area contributed by atoms with Gasteiger partial charge in [0, 0.05) is 17.2 Å². The molecule has 0 bridgehead atoms. The Morgan fingerprint density at radius 2 is 1.78 bits per heavy atom. The van der Waals surface area contributed by atoms with Crippen LogP contribution in [0.1, 0.15) is 52.9 Å². The second kappa shape index (κ2) is 10.3. The number of hydrogen-bond acceptors (Lipinski definition) is 5. The van der Waals surface area contributed by atoms with Crippen molar-refractivity contribution in [1.29, 1.82) is 0 Å². The van der Waals surface area contributed by atoms with Crippen molar-refractivity contribution < 1.29 is 30.8 Å². The molecule has 2 aliphatic heterocycles. The summed E-state index contributed by atoms with van der Waals surface area (Å²) in [6.45, 7) is -0.414. The SMILES string of the molecule is O=C(NCc1ncccc1C(F)(F)F)c1ccc2c(c1)C1(CCSCC1)C(C1CC1)N2S(=O)(=O)c1ccc(F)cc1. The molecule has 41 heavy (non-hydrogen) atoms. The molecule has 1 aromatic heterocycles. The minimum absolute atomic E-state index is 0.00427. The fourth-order valence-electron chi connectivity index (χ4n) is 6.26. The Hall–Kier alpha value is -3.12. The lowest BCUT2D eigenvalue weighted by atomic mass is 9.70. The number of benzene rings is 2. The molecular formula is C29H27F4N3O3S2. The number of alkyl halides is 3. The maximum atomic E-state index is 14.1. The summed E-state index contributed by atoms with van der Waals surface area (Å²) in [4.78, 5) is 17.0. The summed E-state index contributed by atoms with van der Waals surface area (Å²) in [7, 11) is -4.05. The summed E-state index contributed by atoms with van der Waals surface area (Å²) in [6, 6.07) is 11.4. The fourth-order valence-corrected chi connectivity index (χ4v) is 9.28. The molecule has 1 saturated heterocycles. The van der Waals surface area contributed by atoms with E-state index in [9.17, 15) is 30.8 Å². The van der Waals surface area contributed by atoms with Crippen molar-refractivity contribution >= 4 is 33.4 Å². The zero-order valence-corrected chi connectivity index (χ0v) is 23.5. The Kier molecular flexibility index (Phi) is 7.04. The van der Waals surface area contributed by atoms with Crippen LogP contribution in [0.5, 0.6) is 0 Å². The van der Waals surface area contributed by atoms with E-state index in [1.165, 1.54) is 34.8 Å². The number of sulfonamides is 1. The zero-order valence-electron chi connectivity index (χ0n) is 21.8. The van der Waals surface area contributed by atoms with Crippen LogP contribution in [0.15, 0.2) is 65.7 Å². The first-order chi connectivity index (χ1) is 19.5. The molecule has 3 aliphatic rings. The fraction of sp³-hybridized carbons (Fsp3) is 0.379. The highest BCUT2D eigenvalue weighted by atomic mass is 32.2. The topological polar surface area (TPSA) is 79.4 Å². The van der Waals surface area contributed by atoms with Gasteiger partial charge in [-0.15, -0.1) is 0 Å². The zero-order chi connectivity index (χ0) is 29.0. The van der Waals surface area contributed by atoms with Crippen molar-refractivity contribution in [2.45, 2.75) is 54.8 Å². The van der Waals surface area contributed by atoms with Crippen molar-refractivity contribution in [3.8, 4) is 0 Å². The van der Waals surface area contributed by atoms with Gasteiger partial charge in [0.05, 0.1) is 34.4 Å². The molecule has 1 N–H and O–H groups in total. The molecule has 2 fully saturated rings. The summed E-state index contributed by atoms with van der Waals surface area (Å²) in [5, 5.41) is 2.56. The molecule has 6 rings (SSSR count). The maximum absolute atomic E-state index is 14.1. The molecular weight excluding hydrogens is 578 g/mol. The van der Waals surface area contributed by atoms with Crippen LogP contribution in [-0.2, 0) is 28.2 Å². The second-order valence-electron chi connectivity index (χ2n) is 10.7. The first-order valence-corrected chi connectivity index (χ1v) is 15.9. The average molecular weight is 606 g/mol. The van der Waals surface area contributed by atoms with Crippen molar-refractivity contribution in [2.75, 3.05) is 15.8 Å². The molecule has 0 radical (unpaired) electrons. The molecule has 6 nitrogen and oxygen atoms in total. The van der Waals surface area contributed by atoms with Crippen LogP contribution in [0.25, 0.3) is 0 Å². The lowest BCUT2D eigenvalue weighted by Gasteiger charge is -2.41. The van der Waals surface area contributed by atoms with Gasteiger partial charge in [-0.05, 0) is 103 Å². The Balaban J connectivity index is 1.38. The number of thioether (sulfide) groups is 1. The van der Waals surface area contributed by atoms with Crippen molar-refractivity contribution in [2.24, 2.45) is 5.92 Å². The van der Waals surface area contributed by atoms with E-state index in [0.717, 1.165) is 61.0 Å². The summed E-state index contributed by atoms with van der Waals surface area (Å²) < 4.78 is 83.5. The molecule has 1 aliphatic carbocycles. The van der Waals surface area contributed by atoms with Gasteiger partial charge in [0.15, 0.2) is 0 Å². The van der Waals surface area contributed by atoms with Crippen molar-refractivity contribution in [3.63, 3.8) is 0 Å². The Bertz CT molecular complexity index is 1590. The highest BCUT2D eigenvalue weighted by Crippen LogP contribution is 2.59. The number of nitrogens with zero attached hydrogens (tertiary/aromatic N) is 2. The van der Waals surface area contributed by atoms with E-state index in [4.69, 9.17) is 0 Å². The number of fused-ring (bicyclic) bond motifs is 2. The summed E-state index contributed by atoms with van der Waals surface area (Å²) in [5.74, 6) is 0.721. The van der Waals surface area contributed by atoms with Crippen LogP contribution in [0, 0.1) is 11.7 Å². The molecule has 1 unspecified atom stereocenters. The first-order valence-electron chi connectivity index (χ1n) is 13.3. The predicted octanol–water partition coefficient (Wildman–Crippen LogP) is 5.92. The van der Waals surface area contributed by atoms with E-state index < -0.39 is 45.4 Å². The minimum Gasteiger partial charge on any atom is -0.346 e. The maximum Gasteiger partial charge on any atom is 0.418 e. The van der Waals surface area contributed by atoms with Crippen LogP contribution in [0.2, 0.25) is 0 Å². The quantitative estimate of drug-likeness (QED) is 0.353. The first kappa shape index (κ1) is 28.0. The lowest BCUT2D eigenvalue weighted by Crippen LogP contribution is -2.50. The Labute approximate surface area is 239 Å². The second-order valence-corrected chi connectivity index (χ2v) is 13.8. The van der Waals surface area contributed by atoms with E-state index in [2.05, 4.69) is 10.3 Å². The Morgan fingerprint density at radius 1 is 1.07 bits per heavy atom. The molecule has 216 valence electrons. The van der Waals surface area contributed by atoms with Gasteiger partial charge in [-0.1, -0.05) is 0 Å². The van der Waals surface area contributed by atoms with Crippen molar-refractivity contribution in [3.05, 3.63) is 89.0 Å². The number of pyridine rings is 1. The van der Waals surface area contributed by atoms with E-state index in [-0.39, 0.29) is 28.1 Å². The van der Waals surface area contributed by atoms with Gasteiger partial charge in [-0.2, -0.15) is 24.9 Å². The molecule has 1 amide bonds. The van der Waals surface area contributed by atoms with Crippen LogP contribution < -0.4 is 9.62 Å². The van der Waals surface area contributed by atoms with Gasteiger partial charge in [-0.25, -0.2) is 12.8 Å². The summed E-state index contributed by atoms with van der Waals surface area (Å²) >= 11 is 1.80. The number of carbonyl (C=O) groups excluding carboxylic acids is 1. The van der Waals surface area contributed by atoms with Crippen LogP contribution in [-0.4, -0.2) is 36.9 Å². The Morgan fingerprint density at radius 3 is 2.44 bits per heavy atom. The van der Waals surface area contributed by atoms with Crippen LogP contribution in [0.3, 0.4) is 0 Å². The molecule has 1 atom stereocenters. The average Bonchev–Trinajstić information content (AvgIpc) is 3.76.